The Morgan fingerprint density at radius 2 is 1.96 bits per heavy atom. The van der Waals surface area contributed by atoms with Gasteiger partial charge in [-0.1, -0.05) is 24.1 Å². The first-order chi connectivity index (χ1) is 13.3. The summed E-state index contributed by atoms with van der Waals surface area (Å²) in [5.74, 6) is 3.30. The number of hydrogen-bond acceptors (Lipinski definition) is 4. The van der Waals surface area contributed by atoms with Gasteiger partial charge in [-0.3, -0.25) is 14.7 Å². The molecule has 2 aliphatic heterocycles. The molecule has 28 heavy (non-hydrogen) atoms. The molecule has 148 valence electrons. The van der Waals surface area contributed by atoms with Crippen molar-refractivity contribution in [3.63, 3.8) is 0 Å². The number of amides is 1. The van der Waals surface area contributed by atoms with Crippen molar-refractivity contribution in [1.29, 1.82) is 0 Å². The van der Waals surface area contributed by atoms with Crippen molar-refractivity contribution in [3.8, 4) is 12.3 Å². The zero-order chi connectivity index (χ0) is 20.1. The molecule has 1 amide bonds. The number of likely N-dealkylation sites (tertiary alicyclic amines) is 1. The van der Waals surface area contributed by atoms with Crippen molar-refractivity contribution in [3.05, 3.63) is 46.4 Å². The molecule has 0 spiro atoms. The zero-order valence-electron chi connectivity index (χ0n) is 15.1. The Morgan fingerprint density at radius 3 is 2.57 bits per heavy atom. The lowest BCUT2D eigenvalue weighted by Crippen LogP contribution is -2.32. The maximum Gasteiger partial charge on any atom is 0.416 e. The highest BCUT2D eigenvalue weighted by molar-refractivity contribution is 8.18. The fourth-order valence-electron chi connectivity index (χ4n) is 3.24. The van der Waals surface area contributed by atoms with Gasteiger partial charge in [0, 0.05) is 6.54 Å². The van der Waals surface area contributed by atoms with Crippen LogP contribution in [0.3, 0.4) is 0 Å². The van der Waals surface area contributed by atoms with Gasteiger partial charge in [0.25, 0.3) is 5.24 Å². The topological polar surface area (TPSA) is 44.7 Å². The third kappa shape index (κ3) is 5.40. The van der Waals surface area contributed by atoms with Crippen LogP contribution in [0.15, 0.2) is 40.2 Å². The molecule has 1 aromatic carbocycles. The summed E-state index contributed by atoms with van der Waals surface area (Å²) >= 11 is 1.13. The Morgan fingerprint density at radius 1 is 1.29 bits per heavy atom. The maximum absolute atomic E-state index is 12.6. The minimum Gasteiger partial charge on any atom is -0.300 e. The highest BCUT2D eigenvalue weighted by Crippen LogP contribution is 2.31. The summed E-state index contributed by atoms with van der Waals surface area (Å²) in [6.07, 6.45) is 4.83. The molecule has 0 unspecified atom stereocenters. The maximum atomic E-state index is 12.6. The molecule has 3 rings (SSSR count). The van der Waals surface area contributed by atoms with Gasteiger partial charge in [0.2, 0.25) is 0 Å². The van der Waals surface area contributed by atoms with Gasteiger partial charge in [-0.2, -0.15) is 13.2 Å². The van der Waals surface area contributed by atoms with Gasteiger partial charge in [0.05, 0.1) is 10.5 Å². The third-order valence-corrected chi connectivity index (χ3v) is 5.53. The lowest BCUT2D eigenvalue weighted by molar-refractivity contribution is -0.137. The number of carbonyl (C=O) groups excluding carboxylic acids is 1. The number of piperidine rings is 1. The number of hydrogen-bond donors (Lipinski definition) is 1. The van der Waals surface area contributed by atoms with E-state index in [1.807, 2.05) is 0 Å². The molecule has 0 radical (unpaired) electrons. The summed E-state index contributed by atoms with van der Waals surface area (Å²) in [6.45, 7) is 2.54. The number of amidine groups is 1. The molecule has 0 aliphatic carbocycles. The molecule has 0 saturated carbocycles. The number of nitrogens with zero attached hydrogens (tertiary/aromatic N) is 2. The van der Waals surface area contributed by atoms with Crippen molar-refractivity contribution >= 4 is 22.8 Å². The fourth-order valence-corrected chi connectivity index (χ4v) is 4.06. The van der Waals surface area contributed by atoms with Crippen LogP contribution in [-0.4, -0.2) is 35.6 Å². The number of halogens is 3. The van der Waals surface area contributed by atoms with Gasteiger partial charge in [-0.05, 0) is 61.3 Å². The van der Waals surface area contributed by atoms with E-state index in [2.05, 4.69) is 27.2 Å². The monoisotopic (exact) mass is 407 g/mol. The lowest BCUT2D eigenvalue weighted by Gasteiger charge is -2.30. The van der Waals surface area contributed by atoms with E-state index in [9.17, 15) is 18.0 Å². The summed E-state index contributed by atoms with van der Waals surface area (Å²) < 4.78 is 37.9. The molecule has 0 atom stereocenters. The first-order valence-corrected chi connectivity index (χ1v) is 9.74. The summed E-state index contributed by atoms with van der Waals surface area (Å²) in [5, 5.41) is 2.55. The highest BCUT2D eigenvalue weighted by Gasteiger charge is 2.30. The van der Waals surface area contributed by atoms with E-state index in [1.165, 1.54) is 12.1 Å². The van der Waals surface area contributed by atoms with Crippen molar-refractivity contribution in [1.82, 2.24) is 10.2 Å². The molecule has 4 nitrogen and oxygen atoms in total. The smallest absolute Gasteiger partial charge is 0.300 e. The second-order valence-electron chi connectivity index (χ2n) is 6.72. The van der Waals surface area contributed by atoms with Crippen LogP contribution < -0.4 is 5.32 Å². The Balaban J connectivity index is 1.54. The Labute approximate surface area is 166 Å². The molecule has 0 bridgehead atoms. The molecular weight excluding hydrogens is 387 g/mol. The summed E-state index contributed by atoms with van der Waals surface area (Å²) in [6, 6.07) is 5.34. The standard InChI is InChI=1S/C20H20F3N3OS/c1-2-9-24-18-17(28-19(27)25-18)12-14-7-10-26(11-8-14)13-15-3-5-16(6-4-15)20(21,22)23/h1,3-6,12,14H,7-11,13H2,(H,24,25,27)/b17-12-. The van der Waals surface area contributed by atoms with Gasteiger partial charge < -0.3 is 5.32 Å². The molecule has 2 heterocycles. The van der Waals surface area contributed by atoms with Crippen LogP contribution in [0, 0.1) is 18.3 Å². The minimum absolute atomic E-state index is 0.151. The minimum atomic E-state index is -4.30. The van der Waals surface area contributed by atoms with Crippen LogP contribution in [0.1, 0.15) is 24.0 Å². The normalized spacial score (nSPS) is 21.9. The van der Waals surface area contributed by atoms with E-state index in [1.54, 1.807) is 0 Å². The number of benzene rings is 1. The number of thioether (sulfide) groups is 1. The second kappa shape index (κ2) is 8.84. The van der Waals surface area contributed by atoms with Crippen LogP contribution in [0.2, 0.25) is 0 Å². The van der Waals surface area contributed by atoms with Crippen LogP contribution >= 0.6 is 11.8 Å². The summed E-state index contributed by atoms with van der Waals surface area (Å²) in [7, 11) is 0. The number of carbonyl (C=O) groups is 1. The van der Waals surface area contributed by atoms with E-state index < -0.39 is 11.7 Å². The lowest BCUT2D eigenvalue weighted by atomic mass is 9.95. The van der Waals surface area contributed by atoms with Crippen LogP contribution in [-0.2, 0) is 12.7 Å². The average Bonchev–Trinajstić information content (AvgIpc) is 3.00. The summed E-state index contributed by atoms with van der Waals surface area (Å²) in [4.78, 5) is 18.9. The first-order valence-electron chi connectivity index (χ1n) is 8.92. The third-order valence-electron chi connectivity index (χ3n) is 4.69. The number of nitrogens with one attached hydrogen (secondary N) is 1. The van der Waals surface area contributed by atoms with Crippen molar-refractivity contribution < 1.29 is 18.0 Å². The molecule has 2 aliphatic rings. The number of allylic oxidation sites excluding steroid dienone is 1. The van der Waals surface area contributed by atoms with Gasteiger partial charge in [-0.15, -0.1) is 6.42 Å². The largest absolute Gasteiger partial charge is 0.416 e. The zero-order valence-corrected chi connectivity index (χ0v) is 15.9. The van der Waals surface area contributed by atoms with Crippen LogP contribution in [0.25, 0.3) is 0 Å². The van der Waals surface area contributed by atoms with Crippen molar-refractivity contribution in [2.45, 2.75) is 25.6 Å². The molecule has 2 saturated heterocycles. The molecule has 1 N–H and O–H groups in total. The highest BCUT2D eigenvalue weighted by atomic mass is 32.2. The fraction of sp³-hybridized carbons (Fsp3) is 0.400. The Hall–Kier alpha value is -2.24. The predicted octanol–water partition coefficient (Wildman–Crippen LogP) is 4.29. The van der Waals surface area contributed by atoms with Gasteiger partial charge in [0.1, 0.15) is 12.4 Å². The first kappa shape index (κ1) is 20.5. The van der Waals surface area contributed by atoms with Crippen LogP contribution in [0.5, 0.6) is 0 Å². The molecule has 8 heteroatoms. The number of aliphatic imine (C=N–C) groups is 1. The SMILES string of the molecule is C#CCN=C1NC(=O)S/C1=C\C1CCN(Cc2ccc(C(F)(F)F)cc2)CC1. The van der Waals surface area contributed by atoms with E-state index in [0.717, 1.165) is 60.3 Å². The van der Waals surface area contributed by atoms with Gasteiger partial charge >= 0.3 is 6.18 Å². The van der Waals surface area contributed by atoms with E-state index in [4.69, 9.17) is 6.42 Å². The number of alkyl halides is 3. The van der Waals surface area contributed by atoms with Gasteiger partial charge in [0.15, 0.2) is 0 Å². The average molecular weight is 407 g/mol. The number of terminal acetylenes is 1. The number of rotatable bonds is 4. The Kier molecular flexibility index (Phi) is 6.47. The van der Waals surface area contributed by atoms with Crippen LogP contribution in [0.4, 0.5) is 18.0 Å². The van der Waals surface area contributed by atoms with E-state index in [-0.39, 0.29) is 11.8 Å². The quantitative estimate of drug-likeness (QED) is 0.758. The van der Waals surface area contributed by atoms with Crippen molar-refractivity contribution in [2.24, 2.45) is 10.9 Å². The second-order valence-corrected chi connectivity index (χ2v) is 7.74. The Bertz CT molecular complexity index is 817. The van der Waals surface area contributed by atoms with Crippen molar-refractivity contribution in [2.75, 3.05) is 19.6 Å². The van der Waals surface area contributed by atoms with Gasteiger partial charge in [-0.25, -0.2) is 0 Å². The summed E-state index contributed by atoms with van der Waals surface area (Å²) in [5.41, 5.74) is 0.246. The molecular formula is C20H20F3N3OS. The molecule has 2 fully saturated rings. The molecule has 1 aromatic rings. The molecule has 0 aromatic heterocycles. The van der Waals surface area contributed by atoms with E-state index >= 15 is 0 Å². The van der Waals surface area contributed by atoms with E-state index in [0.29, 0.717) is 18.3 Å². The predicted molar refractivity (Wildman–Crippen MR) is 105 cm³/mol.